The normalized spacial score (nSPS) is 12.0. The Morgan fingerprint density at radius 2 is 2.14 bits per heavy atom. The third kappa shape index (κ3) is 4.13. The van der Waals surface area contributed by atoms with Crippen molar-refractivity contribution in [3.63, 3.8) is 0 Å². The van der Waals surface area contributed by atoms with Crippen LogP contribution in [0.1, 0.15) is 22.7 Å². The maximum Gasteiger partial charge on any atom is 0.250 e. The molecule has 2 rings (SSSR count). The summed E-state index contributed by atoms with van der Waals surface area (Å²) in [7, 11) is -3.43. The Kier molecular flexibility index (Phi) is 5.15. The Bertz CT molecular complexity index is 704. The van der Waals surface area contributed by atoms with Gasteiger partial charge in [0.05, 0.1) is 5.69 Å². The maximum absolute atomic E-state index is 12.1. The molecule has 0 saturated heterocycles. The van der Waals surface area contributed by atoms with Crippen molar-refractivity contribution in [2.75, 3.05) is 6.54 Å². The second kappa shape index (κ2) is 6.69. The first-order valence-corrected chi connectivity index (χ1v) is 9.02. The third-order valence-electron chi connectivity index (χ3n) is 3.05. The minimum atomic E-state index is -3.43. The molecule has 0 atom stereocenters. The molecule has 0 aliphatic rings. The average molecular weight is 328 g/mol. The van der Waals surface area contributed by atoms with Crippen molar-refractivity contribution < 1.29 is 8.42 Å². The molecule has 2 heterocycles. The molecule has 0 amide bonds. The summed E-state index contributed by atoms with van der Waals surface area (Å²) in [5.74, 6) is 0. The van der Waals surface area contributed by atoms with Gasteiger partial charge in [-0.25, -0.2) is 13.1 Å². The second-order valence-corrected chi connectivity index (χ2v) is 7.99. The Morgan fingerprint density at radius 3 is 2.71 bits per heavy atom. The zero-order chi connectivity index (χ0) is 15.5. The molecule has 3 N–H and O–H groups in total. The van der Waals surface area contributed by atoms with Crippen LogP contribution in [0.15, 0.2) is 22.4 Å². The zero-order valence-corrected chi connectivity index (χ0v) is 13.8. The molecule has 0 radical (unpaired) electrons. The average Bonchev–Trinajstić information content (AvgIpc) is 3.02. The number of rotatable bonds is 7. The van der Waals surface area contributed by atoms with Crippen LogP contribution in [0.2, 0.25) is 0 Å². The van der Waals surface area contributed by atoms with Gasteiger partial charge in [0.25, 0.3) is 0 Å². The third-order valence-corrected chi connectivity index (χ3v) is 6.11. The van der Waals surface area contributed by atoms with E-state index in [1.807, 2.05) is 24.6 Å². The van der Waals surface area contributed by atoms with E-state index >= 15 is 0 Å². The highest BCUT2D eigenvalue weighted by atomic mass is 32.2. The number of hydrogen-bond donors (Lipinski definition) is 2. The van der Waals surface area contributed by atoms with Crippen molar-refractivity contribution in [3.8, 4) is 0 Å². The largest absolute Gasteiger partial charge is 0.326 e. The molecule has 6 nitrogen and oxygen atoms in total. The summed E-state index contributed by atoms with van der Waals surface area (Å²) in [6.07, 6.45) is 0.691. The fourth-order valence-electron chi connectivity index (χ4n) is 2.02. The molecule has 0 fully saturated rings. The van der Waals surface area contributed by atoms with Crippen molar-refractivity contribution >= 4 is 21.4 Å². The van der Waals surface area contributed by atoms with E-state index in [2.05, 4.69) is 9.82 Å². The molecule has 0 unspecified atom stereocenters. The van der Waals surface area contributed by atoms with E-state index in [9.17, 15) is 8.42 Å². The summed E-state index contributed by atoms with van der Waals surface area (Å²) >= 11 is 1.21. The number of thiophene rings is 1. The van der Waals surface area contributed by atoms with Gasteiger partial charge in [-0.1, -0.05) is 0 Å². The summed E-state index contributed by atoms with van der Waals surface area (Å²) < 4.78 is 29.0. The van der Waals surface area contributed by atoms with Crippen LogP contribution in [0.4, 0.5) is 0 Å². The fourth-order valence-corrected chi connectivity index (χ4v) is 4.37. The molecule has 2 aromatic rings. The smallest absolute Gasteiger partial charge is 0.250 e. The highest BCUT2D eigenvalue weighted by molar-refractivity contribution is 7.91. The van der Waals surface area contributed by atoms with Gasteiger partial charge in [-0.3, -0.25) is 4.68 Å². The van der Waals surface area contributed by atoms with Crippen molar-refractivity contribution in [3.05, 3.63) is 34.5 Å². The van der Waals surface area contributed by atoms with Gasteiger partial charge in [0.1, 0.15) is 4.21 Å². The highest BCUT2D eigenvalue weighted by Gasteiger charge is 2.15. The van der Waals surface area contributed by atoms with E-state index in [0.29, 0.717) is 30.3 Å². The van der Waals surface area contributed by atoms with Crippen LogP contribution < -0.4 is 10.5 Å². The number of nitrogens with two attached hydrogens (primary N) is 1. The molecule has 8 heteroatoms. The molecule has 0 aliphatic heterocycles. The van der Waals surface area contributed by atoms with Gasteiger partial charge in [0, 0.05) is 30.2 Å². The first-order chi connectivity index (χ1) is 9.92. The van der Waals surface area contributed by atoms with Crippen molar-refractivity contribution in [1.29, 1.82) is 0 Å². The van der Waals surface area contributed by atoms with Gasteiger partial charge >= 0.3 is 0 Å². The minimum absolute atomic E-state index is 0.314. The van der Waals surface area contributed by atoms with Gasteiger partial charge in [-0.05, 0) is 38.5 Å². The van der Waals surface area contributed by atoms with Gasteiger partial charge in [0.2, 0.25) is 10.0 Å². The predicted molar refractivity (Wildman–Crippen MR) is 83.7 cm³/mol. The fraction of sp³-hybridized carbons (Fsp3) is 0.462. The first kappa shape index (κ1) is 16.2. The molecule has 0 aliphatic carbocycles. The lowest BCUT2D eigenvalue weighted by molar-refractivity contribution is 0.545. The molecule has 0 spiro atoms. The number of hydrogen-bond acceptors (Lipinski definition) is 5. The van der Waals surface area contributed by atoms with E-state index in [0.717, 1.165) is 16.3 Å². The van der Waals surface area contributed by atoms with Crippen LogP contribution in [0.3, 0.4) is 0 Å². The Hall–Kier alpha value is -1.22. The lowest BCUT2D eigenvalue weighted by Gasteiger charge is -2.06. The summed E-state index contributed by atoms with van der Waals surface area (Å²) in [6, 6.07) is 5.34. The van der Waals surface area contributed by atoms with E-state index in [4.69, 9.17) is 5.73 Å². The van der Waals surface area contributed by atoms with Crippen LogP contribution in [-0.2, 0) is 23.1 Å². The van der Waals surface area contributed by atoms with Crippen LogP contribution in [0.5, 0.6) is 0 Å². The van der Waals surface area contributed by atoms with E-state index in [-0.39, 0.29) is 0 Å². The Labute approximate surface area is 129 Å². The van der Waals surface area contributed by atoms with Crippen molar-refractivity contribution in [2.45, 2.75) is 37.6 Å². The number of nitrogens with one attached hydrogen (secondary N) is 1. The number of nitrogens with zero attached hydrogens (tertiary/aromatic N) is 2. The molecule has 0 bridgehead atoms. The van der Waals surface area contributed by atoms with Gasteiger partial charge in [0.15, 0.2) is 0 Å². The Morgan fingerprint density at radius 1 is 1.38 bits per heavy atom. The van der Waals surface area contributed by atoms with Gasteiger partial charge in [-0.2, -0.15) is 5.10 Å². The Balaban J connectivity index is 1.86. The molecule has 21 heavy (non-hydrogen) atoms. The lowest BCUT2D eigenvalue weighted by Crippen LogP contribution is -2.25. The maximum atomic E-state index is 12.1. The predicted octanol–water partition coefficient (Wildman–Crippen LogP) is 1.39. The summed E-state index contributed by atoms with van der Waals surface area (Å²) in [5.41, 5.74) is 7.55. The molecular weight excluding hydrogens is 308 g/mol. The lowest BCUT2D eigenvalue weighted by atomic mass is 10.4. The summed E-state index contributed by atoms with van der Waals surface area (Å²) in [5, 5.41) is 4.34. The standard InChI is InChI=1S/C13H20N4O2S2/c1-10-8-11(2)17(16-10)7-3-6-15-21(18,19)13-5-4-12(9-14)20-13/h4-5,8,15H,3,6-7,9,14H2,1-2H3. The van der Waals surface area contributed by atoms with Crippen molar-refractivity contribution in [1.82, 2.24) is 14.5 Å². The zero-order valence-electron chi connectivity index (χ0n) is 12.2. The van der Waals surface area contributed by atoms with Crippen LogP contribution in [-0.4, -0.2) is 24.7 Å². The molecule has 0 saturated carbocycles. The molecular formula is C13H20N4O2S2. The van der Waals surface area contributed by atoms with Crippen LogP contribution in [0, 0.1) is 13.8 Å². The number of aryl methyl sites for hydroxylation is 3. The van der Waals surface area contributed by atoms with Crippen molar-refractivity contribution in [2.24, 2.45) is 5.73 Å². The van der Waals surface area contributed by atoms with Crippen LogP contribution >= 0.6 is 11.3 Å². The SMILES string of the molecule is Cc1cc(C)n(CCCNS(=O)(=O)c2ccc(CN)s2)n1. The monoisotopic (exact) mass is 328 g/mol. The van der Waals surface area contributed by atoms with E-state index in [1.165, 1.54) is 11.3 Å². The molecule has 0 aromatic carbocycles. The first-order valence-electron chi connectivity index (χ1n) is 6.72. The summed E-state index contributed by atoms with van der Waals surface area (Å²) in [4.78, 5) is 0.859. The quantitative estimate of drug-likeness (QED) is 0.752. The topological polar surface area (TPSA) is 90.0 Å². The van der Waals surface area contributed by atoms with E-state index < -0.39 is 10.0 Å². The minimum Gasteiger partial charge on any atom is -0.326 e. The number of sulfonamides is 1. The highest BCUT2D eigenvalue weighted by Crippen LogP contribution is 2.20. The van der Waals surface area contributed by atoms with Gasteiger partial charge < -0.3 is 5.73 Å². The second-order valence-electron chi connectivity index (χ2n) is 4.83. The number of aromatic nitrogens is 2. The van der Waals surface area contributed by atoms with E-state index in [1.54, 1.807) is 12.1 Å². The molecule has 116 valence electrons. The van der Waals surface area contributed by atoms with Gasteiger partial charge in [-0.15, -0.1) is 11.3 Å². The summed E-state index contributed by atoms with van der Waals surface area (Å²) in [6.45, 7) is 5.37. The molecule has 2 aromatic heterocycles. The van der Waals surface area contributed by atoms with Crippen LogP contribution in [0.25, 0.3) is 0 Å².